The van der Waals surface area contributed by atoms with Crippen molar-refractivity contribution in [3.8, 4) is 0 Å². The molecule has 0 aliphatic carbocycles. The lowest BCUT2D eigenvalue weighted by molar-refractivity contribution is -0.168. The number of carbonyl (C=O) groups is 1. The standard InChI is InChI=1S/C36H60O12/c1-4-5-6-13-17-30(42)33-31(43)21-27(39)19-25(37)18-26(38)20-28(40)22-32(44)35(46)34(45)23(2)15-12-10-8-7-9-11-14-16-29(41)24(3)48-36(33)47/h7-12,14-16,24-35,37-46H,4-6,13,17-22H2,1-3H3/b8-7+,11-9+,12-10+,16-14+,23-15+/t24-,25-,26-,27-,28-,29+,30-,31+,32+,33+,34-,35-/m1/s1. The lowest BCUT2D eigenvalue weighted by Crippen LogP contribution is -2.43. The lowest BCUT2D eigenvalue weighted by Gasteiger charge is -2.30. The van der Waals surface area contributed by atoms with E-state index in [0.29, 0.717) is 12.0 Å². The number of carbonyl (C=O) groups excluding carboxylic acids is 1. The van der Waals surface area contributed by atoms with Gasteiger partial charge in [0.25, 0.3) is 0 Å². The van der Waals surface area contributed by atoms with Crippen molar-refractivity contribution in [2.45, 2.75) is 152 Å². The minimum Gasteiger partial charge on any atom is -0.459 e. The van der Waals surface area contributed by atoms with Crippen molar-refractivity contribution in [1.82, 2.24) is 0 Å². The van der Waals surface area contributed by atoms with Crippen LogP contribution >= 0.6 is 0 Å². The molecule has 0 saturated carbocycles. The van der Waals surface area contributed by atoms with Gasteiger partial charge in [-0.25, -0.2) is 0 Å². The van der Waals surface area contributed by atoms with Gasteiger partial charge in [0.2, 0.25) is 0 Å². The predicted molar refractivity (Wildman–Crippen MR) is 181 cm³/mol. The predicted octanol–water partition coefficient (Wildman–Crippen LogP) is 1.25. The number of ether oxygens (including phenoxy) is 1. The minimum atomic E-state index is -1.61. The van der Waals surface area contributed by atoms with Crippen molar-refractivity contribution in [1.29, 1.82) is 0 Å². The molecule has 0 fully saturated rings. The van der Waals surface area contributed by atoms with Crippen LogP contribution < -0.4 is 0 Å². The molecule has 1 aliphatic heterocycles. The highest BCUT2D eigenvalue weighted by molar-refractivity contribution is 5.74. The molecule has 1 rings (SSSR count). The molecule has 12 heteroatoms. The van der Waals surface area contributed by atoms with Gasteiger partial charge in [0.1, 0.15) is 30.3 Å². The summed E-state index contributed by atoms with van der Waals surface area (Å²) in [5.41, 5.74) is 0.357. The van der Waals surface area contributed by atoms with Gasteiger partial charge in [-0.1, -0.05) is 87.3 Å². The number of aliphatic hydroxyl groups excluding tert-OH is 10. The molecule has 0 bridgehead atoms. The molecule has 0 unspecified atom stereocenters. The first-order valence-electron chi connectivity index (χ1n) is 17.0. The number of aliphatic hydroxyl groups is 10. The third-order valence-electron chi connectivity index (χ3n) is 8.42. The fraction of sp³-hybridized carbons (Fsp3) is 0.694. The van der Waals surface area contributed by atoms with Crippen LogP contribution in [-0.4, -0.2) is 124 Å². The maximum absolute atomic E-state index is 13.2. The Morgan fingerprint density at radius 3 is 1.77 bits per heavy atom. The van der Waals surface area contributed by atoms with Gasteiger partial charge < -0.3 is 55.8 Å². The fourth-order valence-corrected chi connectivity index (χ4v) is 5.47. The van der Waals surface area contributed by atoms with Crippen molar-refractivity contribution < 1.29 is 60.6 Å². The van der Waals surface area contributed by atoms with E-state index in [0.717, 1.165) is 19.3 Å². The summed E-state index contributed by atoms with van der Waals surface area (Å²) >= 11 is 0. The summed E-state index contributed by atoms with van der Waals surface area (Å²) in [5, 5.41) is 105. The van der Waals surface area contributed by atoms with Gasteiger partial charge in [0.05, 0.1) is 42.7 Å². The summed E-state index contributed by atoms with van der Waals surface area (Å²) in [6, 6.07) is 0. The maximum atomic E-state index is 13.2. The average molecular weight is 685 g/mol. The van der Waals surface area contributed by atoms with Gasteiger partial charge in [-0.05, 0) is 45.1 Å². The molecule has 12 nitrogen and oxygen atoms in total. The normalized spacial score (nSPS) is 39.1. The zero-order valence-electron chi connectivity index (χ0n) is 28.5. The number of allylic oxidation sites excluding steroid dienone is 8. The third kappa shape index (κ3) is 17.4. The van der Waals surface area contributed by atoms with Gasteiger partial charge >= 0.3 is 5.97 Å². The van der Waals surface area contributed by atoms with Gasteiger partial charge in [0, 0.05) is 12.8 Å². The van der Waals surface area contributed by atoms with E-state index in [2.05, 4.69) is 0 Å². The monoisotopic (exact) mass is 684 g/mol. The highest BCUT2D eigenvalue weighted by atomic mass is 16.6. The number of cyclic esters (lactones) is 1. The van der Waals surface area contributed by atoms with Crippen LogP contribution in [0, 0.1) is 5.92 Å². The zero-order valence-corrected chi connectivity index (χ0v) is 28.5. The van der Waals surface area contributed by atoms with E-state index in [9.17, 15) is 55.9 Å². The van der Waals surface area contributed by atoms with E-state index in [1.165, 1.54) is 13.0 Å². The van der Waals surface area contributed by atoms with Crippen LogP contribution in [0.4, 0.5) is 0 Å². The Balaban J connectivity index is 3.19. The molecule has 1 aliphatic rings. The molecular formula is C36H60O12. The zero-order chi connectivity index (χ0) is 36.2. The Kier molecular flexibility index (Phi) is 21.9. The molecule has 0 saturated heterocycles. The molecule has 0 aromatic heterocycles. The molecule has 48 heavy (non-hydrogen) atoms. The molecule has 0 amide bonds. The molecule has 12 atom stereocenters. The highest BCUT2D eigenvalue weighted by Gasteiger charge is 2.37. The van der Waals surface area contributed by atoms with Crippen LogP contribution in [0.2, 0.25) is 0 Å². The maximum Gasteiger partial charge on any atom is 0.314 e. The molecule has 10 N–H and O–H groups in total. The number of esters is 1. The van der Waals surface area contributed by atoms with Crippen LogP contribution in [0.15, 0.2) is 60.3 Å². The second-order valence-electron chi connectivity index (χ2n) is 12.9. The van der Waals surface area contributed by atoms with Crippen molar-refractivity contribution >= 4 is 5.97 Å². The van der Waals surface area contributed by atoms with E-state index in [1.807, 2.05) is 6.92 Å². The molecule has 0 aromatic carbocycles. The summed E-state index contributed by atoms with van der Waals surface area (Å²) in [6.45, 7) is 5.07. The Morgan fingerprint density at radius 1 is 0.708 bits per heavy atom. The van der Waals surface area contributed by atoms with Crippen LogP contribution in [0.3, 0.4) is 0 Å². The number of hydrogen-bond donors (Lipinski definition) is 10. The molecule has 0 radical (unpaired) electrons. The second kappa shape index (κ2) is 24.0. The van der Waals surface area contributed by atoms with E-state index in [-0.39, 0.29) is 32.1 Å². The summed E-state index contributed by atoms with van der Waals surface area (Å²) in [4.78, 5) is 13.2. The smallest absolute Gasteiger partial charge is 0.314 e. The average Bonchev–Trinajstić information content (AvgIpc) is 3.00. The van der Waals surface area contributed by atoms with Gasteiger partial charge in [-0.3, -0.25) is 4.79 Å². The van der Waals surface area contributed by atoms with E-state index in [4.69, 9.17) is 4.74 Å². The summed E-state index contributed by atoms with van der Waals surface area (Å²) in [6.07, 6.45) is 1.65. The van der Waals surface area contributed by atoms with Crippen LogP contribution in [-0.2, 0) is 9.53 Å². The summed E-state index contributed by atoms with van der Waals surface area (Å²) in [7, 11) is 0. The first-order chi connectivity index (χ1) is 22.7. The quantitative estimate of drug-likeness (QED) is 0.141. The number of hydrogen-bond acceptors (Lipinski definition) is 12. The highest BCUT2D eigenvalue weighted by Crippen LogP contribution is 2.24. The van der Waals surface area contributed by atoms with Crippen LogP contribution in [0.1, 0.15) is 85.0 Å². The first kappa shape index (κ1) is 43.8. The van der Waals surface area contributed by atoms with Gasteiger partial charge in [0.15, 0.2) is 0 Å². The van der Waals surface area contributed by atoms with Crippen molar-refractivity contribution in [3.05, 3.63) is 60.3 Å². The second-order valence-corrected chi connectivity index (χ2v) is 12.9. The minimum absolute atomic E-state index is 0.203. The van der Waals surface area contributed by atoms with E-state index in [1.54, 1.807) is 55.5 Å². The number of unbranched alkanes of at least 4 members (excludes halogenated alkanes) is 3. The Bertz CT molecular complexity index is 1040. The summed E-state index contributed by atoms with van der Waals surface area (Å²) < 4.78 is 5.43. The molecule has 1 heterocycles. The molecule has 0 aromatic rings. The van der Waals surface area contributed by atoms with Crippen molar-refractivity contribution in [3.63, 3.8) is 0 Å². The van der Waals surface area contributed by atoms with Crippen molar-refractivity contribution in [2.75, 3.05) is 0 Å². The van der Waals surface area contributed by atoms with Gasteiger partial charge in [-0.15, -0.1) is 0 Å². The Hall–Kier alpha value is -2.23. The SMILES string of the molecule is CCCCCC[C@@H](O)[C@@H]1C(=O)O[C@H](C)[C@@H](O)/C=C/C=C/C=C/C=C/C=C(\C)[C@@H](O)[C@H](O)[C@@H](O)C[C@H](O)C[C@H](O)C[C@@H](O)C[C@@H](O)C[C@@H]1O. The topological polar surface area (TPSA) is 229 Å². The molecule has 276 valence electrons. The summed E-state index contributed by atoms with van der Waals surface area (Å²) in [5.74, 6) is -2.37. The van der Waals surface area contributed by atoms with Crippen LogP contribution in [0.5, 0.6) is 0 Å². The third-order valence-corrected chi connectivity index (χ3v) is 8.42. The van der Waals surface area contributed by atoms with Gasteiger partial charge in [-0.2, -0.15) is 0 Å². The fourth-order valence-electron chi connectivity index (χ4n) is 5.47. The Labute approximate surface area is 284 Å². The van der Waals surface area contributed by atoms with E-state index < -0.39 is 85.5 Å². The largest absolute Gasteiger partial charge is 0.459 e. The molecule has 0 spiro atoms. The molecular weight excluding hydrogens is 624 g/mol. The van der Waals surface area contributed by atoms with Crippen LogP contribution in [0.25, 0.3) is 0 Å². The first-order valence-corrected chi connectivity index (χ1v) is 17.0. The number of rotatable bonds is 6. The van der Waals surface area contributed by atoms with E-state index >= 15 is 0 Å². The Morgan fingerprint density at radius 2 is 1.21 bits per heavy atom. The van der Waals surface area contributed by atoms with Crippen molar-refractivity contribution in [2.24, 2.45) is 5.92 Å². The lowest BCUT2D eigenvalue weighted by atomic mass is 9.87.